The molecule has 0 radical (unpaired) electrons. The van der Waals surface area contributed by atoms with E-state index < -0.39 is 12.1 Å². The SMILES string of the molecule is CC(O)C(N)c1nc(Cc2ccc(Cl)cc2Cl)no1. The predicted molar refractivity (Wildman–Crippen MR) is 72.2 cm³/mol. The van der Waals surface area contributed by atoms with Gasteiger partial charge in [0.15, 0.2) is 5.82 Å². The summed E-state index contributed by atoms with van der Waals surface area (Å²) < 4.78 is 5.01. The van der Waals surface area contributed by atoms with Crippen LogP contribution in [0.2, 0.25) is 10.0 Å². The minimum atomic E-state index is -0.757. The van der Waals surface area contributed by atoms with Gasteiger partial charge in [-0.3, -0.25) is 0 Å². The lowest BCUT2D eigenvalue weighted by molar-refractivity contribution is 0.146. The first-order valence-electron chi connectivity index (χ1n) is 5.67. The van der Waals surface area contributed by atoms with Crippen molar-refractivity contribution in [1.29, 1.82) is 0 Å². The van der Waals surface area contributed by atoms with Crippen LogP contribution in [0.4, 0.5) is 0 Å². The fraction of sp³-hybridized carbons (Fsp3) is 0.333. The molecule has 0 aliphatic rings. The lowest BCUT2D eigenvalue weighted by Gasteiger charge is -2.08. The standard InChI is InChI=1S/C12H13Cl2N3O2/c1-6(18)11(15)12-16-10(17-19-12)4-7-2-3-8(13)5-9(7)14/h2-3,5-6,11,18H,4,15H2,1H3. The van der Waals surface area contributed by atoms with Crippen LogP contribution in [0.5, 0.6) is 0 Å². The van der Waals surface area contributed by atoms with Crippen LogP contribution in [0.1, 0.15) is 30.2 Å². The van der Waals surface area contributed by atoms with E-state index in [1.54, 1.807) is 25.1 Å². The van der Waals surface area contributed by atoms with Crippen molar-refractivity contribution >= 4 is 23.2 Å². The molecule has 0 aliphatic carbocycles. The van der Waals surface area contributed by atoms with E-state index >= 15 is 0 Å². The number of aliphatic hydroxyl groups excluding tert-OH is 1. The van der Waals surface area contributed by atoms with Gasteiger partial charge in [0.2, 0.25) is 5.89 Å². The number of rotatable bonds is 4. The van der Waals surface area contributed by atoms with Crippen molar-refractivity contribution in [2.75, 3.05) is 0 Å². The van der Waals surface area contributed by atoms with Crippen LogP contribution >= 0.6 is 23.2 Å². The first kappa shape index (κ1) is 14.3. The third-order valence-corrected chi connectivity index (χ3v) is 3.24. The number of halogens is 2. The quantitative estimate of drug-likeness (QED) is 0.905. The van der Waals surface area contributed by atoms with Crippen molar-refractivity contribution < 1.29 is 9.63 Å². The predicted octanol–water partition coefficient (Wildman–Crippen LogP) is 2.35. The third-order valence-electron chi connectivity index (χ3n) is 2.65. The summed E-state index contributed by atoms with van der Waals surface area (Å²) in [5.74, 6) is 0.658. The summed E-state index contributed by atoms with van der Waals surface area (Å²) in [6.45, 7) is 1.56. The largest absolute Gasteiger partial charge is 0.391 e. The Morgan fingerprint density at radius 3 is 2.79 bits per heavy atom. The van der Waals surface area contributed by atoms with Crippen LogP contribution in [0.25, 0.3) is 0 Å². The van der Waals surface area contributed by atoms with Crippen LogP contribution in [-0.4, -0.2) is 21.4 Å². The van der Waals surface area contributed by atoms with E-state index in [1.807, 2.05) is 0 Å². The smallest absolute Gasteiger partial charge is 0.246 e. The van der Waals surface area contributed by atoms with Crippen molar-refractivity contribution in [3.63, 3.8) is 0 Å². The zero-order chi connectivity index (χ0) is 14.0. The molecule has 2 aromatic rings. The van der Waals surface area contributed by atoms with Crippen LogP contribution in [0.15, 0.2) is 22.7 Å². The number of benzene rings is 1. The molecule has 7 heteroatoms. The molecule has 19 heavy (non-hydrogen) atoms. The molecule has 0 amide bonds. The zero-order valence-corrected chi connectivity index (χ0v) is 11.7. The molecule has 0 spiro atoms. The maximum absolute atomic E-state index is 9.36. The first-order chi connectivity index (χ1) is 8.97. The number of nitrogens with two attached hydrogens (primary N) is 1. The monoisotopic (exact) mass is 301 g/mol. The highest BCUT2D eigenvalue weighted by molar-refractivity contribution is 6.35. The number of hydrogen-bond donors (Lipinski definition) is 2. The van der Waals surface area contributed by atoms with Gasteiger partial charge in [-0.1, -0.05) is 34.4 Å². The van der Waals surface area contributed by atoms with Gasteiger partial charge in [-0.15, -0.1) is 0 Å². The summed E-state index contributed by atoms with van der Waals surface area (Å²) in [6.07, 6.45) is -0.348. The molecule has 5 nitrogen and oxygen atoms in total. The zero-order valence-electron chi connectivity index (χ0n) is 10.2. The Morgan fingerprint density at radius 2 is 2.16 bits per heavy atom. The second kappa shape index (κ2) is 5.88. The molecule has 0 saturated carbocycles. The Balaban J connectivity index is 2.16. The normalized spacial score (nSPS) is 14.4. The number of aromatic nitrogens is 2. The topological polar surface area (TPSA) is 85.2 Å². The fourth-order valence-electron chi connectivity index (χ4n) is 1.52. The first-order valence-corrected chi connectivity index (χ1v) is 6.43. The molecule has 0 fully saturated rings. The molecular weight excluding hydrogens is 289 g/mol. The van der Waals surface area contributed by atoms with E-state index in [1.165, 1.54) is 0 Å². The molecule has 0 aliphatic heterocycles. The molecule has 0 bridgehead atoms. The van der Waals surface area contributed by atoms with Crippen molar-refractivity contribution in [1.82, 2.24) is 10.1 Å². The van der Waals surface area contributed by atoms with Gasteiger partial charge in [0.05, 0.1) is 6.10 Å². The van der Waals surface area contributed by atoms with Gasteiger partial charge < -0.3 is 15.4 Å². The second-order valence-corrected chi connectivity index (χ2v) is 5.07. The van der Waals surface area contributed by atoms with Crippen molar-refractivity contribution in [2.45, 2.75) is 25.5 Å². The maximum Gasteiger partial charge on any atom is 0.246 e. The maximum atomic E-state index is 9.36. The van der Waals surface area contributed by atoms with E-state index in [0.29, 0.717) is 22.3 Å². The highest BCUT2D eigenvalue weighted by Gasteiger charge is 2.19. The molecule has 1 heterocycles. The summed E-state index contributed by atoms with van der Waals surface area (Å²) in [6, 6.07) is 4.50. The van der Waals surface area contributed by atoms with Gasteiger partial charge in [0.25, 0.3) is 0 Å². The molecule has 1 aromatic carbocycles. The number of aliphatic hydroxyl groups is 1. The highest BCUT2D eigenvalue weighted by atomic mass is 35.5. The Labute approximate surface area is 120 Å². The van der Waals surface area contributed by atoms with E-state index in [0.717, 1.165) is 5.56 Å². The van der Waals surface area contributed by atoms with Gasteiger partial charge in [-0.25, -0.2) is 0 Å². The number of hydrogen-bond acceptors (Lipinski definition) is 5. The molecule has 2 rings (SSSR count). The minimum absolute atomic E-state index is 0.204. The van der Waals surface area contributed by atoms with Crippen molar-refractivity contribution in [3.05, 3.63) is 45.5 Å². The summed E-state index contributed by atoms with van der Waals surface area (Å²) in [4.78, 5) is 4.14. The molecule has 1 aromatic heterocycles. The van der Waals surface area contributed by atoms with Gasteiger partial charge in [-0.05, 0) is 24.6 Å². The van der Waals surface area contributed by atoms with E-state index in [9.17, 15) is 5.11 Å². The Kier molecular flexibility index (Phi) is 4.42. The second-order valence-electron chi connectivity index (χ2n) is 4.23. The Hall–Kier alpha value is -1.14. The molecule has 2 unspecified atom stereocenters. The summed E-state index contributed by atoms with van der Waals surface area (Å²) >= 11 is 11.9. The summed E-state index contributed by atoms with van der Waals surface area (Å²) in [7, 11) is 0. The molecule has 0 saturated heterocycles. The Bertz CT molecular complexity index is 572. The van der Waals surface area contributed by atoms with Gasteiger partial charge in [0.1, 0.15) is 6.04 Å². The Morgan fingerprint density at radius 1 is 1.42 bits per heavy atom. The lowest BCUT2D eigenvalue weighted by atomic mass is 10.1. The third kappa shape index (κ3) is 3.45. The van der Waals surface area contributed by atoms with Crippen LogP contribution in [-0.2, 0) is 6.42 Å². The molecule has 102 valence electrons. The van der Waals surface area contributed by atoms with Crippen LogP contribution < -0.4 is 5.73 Å². The van der Waals surface area contributed by atoms with E-state index in [4.69, 9.17) is 33.5 Å². The summed E-state index contributed by atoms with van der Waals surface area (Å²) in [5, 5.41) is 14.3. The fourth-order valence-corrected chi connectivity index (χ4v) is 1.99. The van der Waals surface area contributed by atoms with Crippen LogP contribution in [0.3, 0.4) is 0 Å². The van der Waals surface area contributed by atoms with Crippen LogP contribution in [0, 0.1) is 0 Å². The molecular formula is C12H13Cl2N3O2. The van der Waals surface area contributed by atoms with Crippen molar-refractivity contribution in [3.8, 4) is 0 Å². The average Bonchev–Trinajstić information content (AvgIpc) is 2.80. The summed E-state index contributed by atoms with van der Waals surface area (Å²) in [5.41, 5.74) is 6.54. The highest BCUT2D eigenvalue weighted by Crippen LogP contribution is 2.23. The lowest BCUT2D eigenvalue weighted by Crippen LogP contribution is -2.23. The van der Waals surface area contributed by atoms with Gasteiger partial charge in [-0.2, -0.15) is 4.98 Å². The van der Waals surface area contributed by atoms with Crippen molar-refractivity contribution in [2.24, 2.45) is 5.73 Å². The number of nitrogens with zero attached hydrogens (tertiary/aromatic N) is 2. The van der Waals surface area contributed by atoms with E-state index in [2.05, 4.69) is 10.1 Å². The van der Waals surface area contributed by atoms with Gasteiger partial charge >= 0.3 is 0 Å². The average molecular weight is 302 g/mol. The molecule has 2 atom stereocenters. The van der Waals surface area contributed by atoms with Gasteiger partial charge in [0, 0.05) is 16.5 Å². The van der Waals surface area contributed by atoms with E-state index in [-0.39, 0.29) is 5.89 Å². The molecule has 3 N–H and O–H groups in total. The minimum Gasteiger partial charge on any atom is -0.391 e.